The number of carbonyl (C=O) groups is 2. The van der Waals surface area contributed by atoms with Gasteiger partial charge in [-0.1, -0.05) is 12.7 Å². The first-order chi connectivity index (χ1) is 10.1. The molecule has 1 aromatic carbocycles. The number of rotatable bonds is 4. The lowest BCUT2D eigenvalue weighted by Gasteiger charge is -2.29. The molecule has 1 heterocycles. The molecule has 0 saturated carbocycles. The number of benzene rings is 1. The molecular formula is C15H17NO5. The molecule has 0 unspecified atom stereocenters. The molecule has 1 amide bonds. The van der Waals surface area contributed by atoms with Crippen molar-refractivity contribution < 1.29 is 24.2 Å². The number of aromatic carboxylic acids is 1. The van der Waals surface area contributed by atoms with Gasteiger partial charge in [-0.25, -0.2) is 9.59 Å². The minimum atomic E-state index is -1.04. The number of methoxy groups -OCH3 is 1. The summed E-state index contributed by atoms with van der Waals surface area (Å²) in [5, 5.41) is 9.32. The zero-order valence-electron chi connectivity index (χ0n) is 11.8. The van der Waals surface area contributed by atoms with Crippen LogP contribution in [0.5, 0.6) is 5.75 Å². The summed E-state index contributed by atoms with van der Waals surface area (Å²) in [6, 6.07) is 3.29. The van der Waals surface area contributed by atoms with Crippen molar-refractivity contribution in [2.24, 2.45) is 0 Å². The first-order valence-corrected chi connectivity index (χ1v) is 6.52. The van der Waals surface area contributed by atoms with E-state index in [0.717, 1.165) is 5.56 Å². The molecule has 21 heavy (non-hydrogen) atoms. The maximum absolute atomic E-state index is 11.9. The lowest BCUT2D eigenvalue weighted by atomic mass is 9.94. The van der Waals surface area contributed by atoms with Crippen molar-refractivity contribution in [1.29, 1.82) is 0 Å². The quantitative estimate of drug-likeness (QED) is 0.859. The number of fused-ring (bicyclic) bond motifs is 1. The van der Waals surface area contributed by atoms with Gasteiger partial charge in [-0.2, -0.15) is 0 Å². The Bertz CT molecular complexity index is 582. The number of carboxylic acids is 1. The summed E-state index contributed by atoms with van der Waals surface area (Å²) in [7, 11) is 1.50. The molecule has 1 N–H and O–H groups in total. The summed E-state index contributed by atoms with van der Waals surface area (Å²) in [6.45, 7) is 4.32. The first kappa shape index (κ1) is 14.9. The minimum absolute atomic E-state index is 0.136. The standard InChI is InChI=1S/C15H17NO5/c1-3-6-21-15(19)16-5-4-10-7-11(20-2)8-12(14(17)18)13(10)9-16/h3,7-8H,1,4-6,9H2,2H3,(H,17,18). The Hall–Kier alpha value is -2.50. The predicted octanol–water partition coefficient (Wildman–Crippen LogP) is 2.07. The molecule has 6 nitrogen and oxygen atoms in total. The monoisotopic (exact) mass is 291 g/mol. The number of amides is 1. The lowest BCUT2D eigenvalue weighted by molar-refractivity contribution is 0.0690. The van der Waals surface area contributed by atoms with Crippen molar-refractivity contribution in [3.63, 3.8) is 0 Å². The van der Waals surface area contributed by atoms with E-state index in [1.807, 2.05) is 6.07 Å². The molecule has 0 fully saturated rings. The van der Waals surface area contributed by atoms with Crippen LogP contribution in [0.4, 0.5) is 4.79 Å². The Morgan fingerprint density at radius 3 is 2.86 bits per heavy atom. The van der Waals surface area contributed by atoms with Crippen molar-refractivity contribution in [2.45, 2.75) is 13.0 Å². The van der Waals surface area contributed by atoms with Crippen LogP contribution < -0.4 is 4.74 Å². The molecule has 6 heteroatoms. The second-order valence-corrected chi connectivity index (χ2v) is 4.65. The molecule has 0 saturated heterocycles. The van der Waals surface area contributed by atoms with E-state index in [9.17, 15) is 14.7 Å². The maximum atomic E-state index is 11.9. The minimum Gasteiger partial charge on any atom is -0.497 e. The van der Waals surface area contributed by atoms with Gasteiger partial charge in [0.15, 0.2) is 0 Å². The van der Waals surface area contributed by atoms with Gasteiger partial charge in [-0.05, 0) is 29.7 Å². The smallest absolute Gasteiger partial charge is 0.410 e. The summed E-state index contributed by atoms with van der Waals surface area (Å²) < 4.78 is 10.1. The van der Waals surface area contributed by atoms with E-state index in [1.165, 1.54) is 24.2 Å². The van der Waals surface area contributed by atoms with Crippen LogP contribution >= 0.6 is 0 Å². The van der Waals surface area contributed by atoms with Crippen LogP contribution in [0.3, 0.4) is 0 Å². The summed E-state index contributed by atoms with van der Waals surface area (Å²) in [5.74, 6) is -0.528. The Morgan fingerprint density at radius 2 is 2.24 bits per heavy atom. The van der Waals surface area contributed by atoms with E-state index in [1.54, 1.807) is 0 Å². The number of hydrogen-bond donors (Lipinski definition) is 1. The van der Waals surface area contributed by atoms with Crippen molar-refractivity contribution in [1.82, 2.24) is 4.90 Å². The van der Waals surface area contributed by atoms with Gasteiger partial charge in [0.25, 0.3) is 0 Å². The van der Waals surface area contributed by atoms with E-state index < -0.39 is 12.1 Å². The molecule has 0 aromatic heterocycles. The van der Waals surface area contributed by atoms with Crippen LogP contribution in [0.1, 0.15) is 21.5 Å². The van der Waals surface area contributed by atoms with Crippen molar-refractivity contribution in [2.75, 3.05) is 20.3 Å². The largest absolute Gasteiger partial charge is 0.497 e. The van der Waals surface area contributed by atoms with Crippen molar-refractivity contribution >= 4 is 12.1 Å². The fraction of sp³-hybridized carbons (Fsp3) is 0.333. The second kappa shape index (κ2) is 6.30. The van der Waals surface area contributed by atoms with Crippen molar-refractivity contribution in [3.8, 4) is 5.75 Å². The van der Waals surface area contributed by atoms with Gasteiger partial charge in [0.1, 0.15) is 12.4 Å². The topological polar surface area (TPSA) is 76.1 Å². The van der Waals surface area contributed by atoms with E-state index in [4.69, 9.17) is 9.47 Å². The Labute approximate surface area is 122 Å². The molecule has 1 aliphatic heterocycles. The first-order valence-electron chi connectivity index (χ1n) is 6.52. The molecule has 0 spiro atoms. The summed E-state index contributed by atoms with van der Waals surface area (Å²) in [4.78, 5) is 24.7. The van der Waals surface area contributed by atoms with Gasteiger partial charge in [0.2, 0.25) is 0 Å². The zero-order valence-corrected chi connectivity index (χ0v) is 11.8. The molecule has 0 aliphatic carbocycles. The average molecular weight is 291 g/mol. The third-order valence-electron chi connectivity index (χ3n) is 3.36. The number of carboxylic acid groups (broad SMARTS) is 1. The Morgan fingerprint density at radius 1 is 1.48 bits per heavy atom. The molecule has 0 bridgehead atoms. The maximum Gasteiger partial charge on any atom is 0.410 e. The van der Waals surface area contributed by atoms with Gasteiger partial charge >= 0.3 is 12.1 Å². The van der Waals surface area contributed by atoms with E-state index in [0.29, 0.717) is 24.3 Å². The average Bonchev–Trinajstić information content (AvgIpc) is 2.50. The van der Waals surface area contributed by atoms with E-state index in [2.05, 4.69) is 6.58 Å². The van der Waals surface area contributed by atoms with Gasteiger partial charge < -0.3 is 19.5 Å². The number of ether oxygens (including phenoxy) is 2. The Kier molecular flexibility index (Phi) is 4.47. The highest BCUT2D eigenvalue weighted by Gasteiger charge is 2.26. The molecule has 1 aromatic rings. The summed E-state index contributed by atoms with van der Waals surface area (Å²) in [5.41, 5.74) is 1.68. The normalized spacial score (nSPS) is 13.3. The van der Waals surface area contributed by atoms with Gasteiger partial charge in [0.05, 0.1) is 19.2 Å². The molecular weight excluding hydrogens is 274 g/mol. The predicted molar refractivity (Wildman–Crippen MR) is 75.6 cm³/mol. The van der Waals surface area contributed by atoms with Crippen LogP contribution in [-0.4, -0.2) is 42.3 Å². The highest BCUT2D eigenvalue weighted by atomic mass is 16.6. The summed E-state index contributed by atoms with van der Waals surface area (Å²) >= 11 is 0. The van der Waals surface area contributed by atoms with Crippen LogP contribution in [0.2, 0.25) is 0 Å². The van der Waals surface area contributed by atoms with Gasteiger partial charge in [-0.15, -0.1) is 0 Å². The van der Waals surface area contributed by atoms with Crippen LogP contribution in [-0.2, 0) is 17.7 Å². The van der Waals surface area contributed by atoms with E-state index in [-0.39, 0.29) is 18.7 Å². The van der Waals surface area contributed by atoms with E-state index >= 15 is 0 Å². The second-order valence-electron chi connectivity index (χ2n) is 4.65. The highest BCUT2D eigenvalue weighted by Crippen LogP contribution is 2.28. The van der Waals surface area contributed by atoms with Gasteiger partial charge in [-0.3, -0.25) is 0 Å². The fourth-order valence-corrected chi connectivity index (χ4v) is 2.32. The molecule has 2 rings (SSSR count). The van der Waals surface area contributed by atoms with Crippen LogP contribution in [0.15, 0.2) is 24.8 Å². The third-order valence-corrected chi connectivity index (χ3v) is 3.36. The Balaban J connectivity index is 2.28. The van der Waals surface area contributed by atoms with Gasteiger partial charge in [0, 0.05) is 6.54 Å². The molecule has 0 atom stereocenters. The summed E-state index contributed by atoms with van der Waals surface area (Å²) in [6.07, 6.45) is 1.59. The van der Waals surface area contributed by atoms with Crippen LogP contribution in [0.25, 0.3) is 0 Å². The third kappa shape index (κ3) is 3.16. The number of hydrogen-bond acceptors (Lipinski definition) is 4. The highest BCUT2D eigenvalue weighted by molar-refractivity contribution is 5.90. The molecule has 1 aliphatic rings. The van der Waals surface area contributed by atoms with Crippen LogP contribution in [0, 0.1) is 0 Å². The SMILES string of the molecule is C=CCOC(=O)N1CCc2cc(OC)cc(C(=O)O)c2C1. The lowest BCUT2D eigenvalue weighted by Crippen LogP contribution is -2.37. The zero-order chi connectivity index (χ0) is 15.4. The number of carbonyl (C=O) groups excluding carboxylic acids is 1. The number of nitrogens with zero attached hydrogens (tertiary/aromatic N) is 1. The fourth-order valence-electron chi connectivity index (χ4n) is 2.32. The van der Waals surface area contributed by atoms with Crippen molar-refractivity contribution in [3.05, 3.63) is 41.5 Å². The molecule has 112 valence electrons. The molecule has 0 radical (unpaired) electrons.